The zero-order chi connectivity index (χ0) is 29.5. The van der Waals surface area contributed by atoms with Crippen LogP contribution in [-0.4, -0.2) is 77.2 Å². The van der Waals surface area contributed by atoms with E-state index in [-0.39, 0.29) is 23.8 Å². The minimum atomic E-state index is -0.942. The number of hydrogen-bond donors (Lipinski definition) is 2. The largest absolute Gasteiger partial charge is 0.493 e. The van der Waals surface area contributed by atoms with E-state index in [1.165, 1.54) is 0 Å². The summed E-state index contributed by atoms with van der Waals surface area (Å²) < 4.78 is 6.15. The van der Waals surface area contributed by atoms with E-state index in [0.29, 0.717) is 13.0 Å². The highest BCUT2D eigenvalue weighted by Gasteiger charge is 2.17. The monoisotopic (exact) mass is 564 g/mol. The quantitative estimate of drug-likeness (QED) is 0.240. The molecule has 41 heavy (non-hydrogen) atoms. The predicted molar refractivity (Wildman–Crippen MR) is 160 cm³/mol. The van der Waals surface area contributed by atoms with Gasteiger partial charge < -0.3 is 19.8 Å². The smallest absolute Gasteiger partial charge is 0.335 e. The average Bonchev–Trinajstić information content (AvgIpc) is 2.96. The van der Waals surface area contributed by atoms with Gasteiger partial charge in [-0.25, -0.2) is 4.79 Å². The van der Waals surface area contributed by atoms with Crippen LogP contribution in [0.25, 0.3) is 6.08 Å². The highest BCUT2D eigenvalue weighted by atomic mass is 16.5. The molecule has 1 amide bonds. The maximum absolute atomic E-state index is 11.5. The van der Waals surface area contributed by atoms with Crippen LogP contribution in [0.4, 0.5) is 0 Å². The van der Waals surface area contributed by atoms with Crippen molar-refractivity contribution in [3.8, 4) is 5.75 Å². The standard InChI is InChI=1S/C33H44N2O6/c1-26(36)35-22-20-34(21-23-35)19-7-2-8-24-41-31-11-5-4-10-29(31)16-13-27(9-3-6-12-32(37)38)25-28-14-17-30(18-15-28)33(39)40/h4-5,10-11,13-18,27H,2-3,6-9,12,19-25H2,1H3,(H,37,38)(H,39,40). The molecule has 1 aliphatic rings. The number of aliphatic carboxylic acids is 1. The van der Waals surface area contributed by atoms with Crippen LogP contribution in [0.15, 0.2) is 54.6 Å². The minimum Gasteiger partial charge on any atom is -0.493 e. The van der Waals surface area contributed by atoms with E-state index in [1.807, 2.05) is 41.3 Å². The highest BCUT2D eigenvalue weighted by molar-refractivity contribution is 5.87. The molecule has 1 fully saturated rings. The number of carbonyl (C=O) groups excluding carboxylic acids is 1. The van der Waals surface area contributed by atoms with Gasteiger partial charge in [-0.2, -0.15) is 0 Å². The third kappa shape index (κ3) is 11.8. The second-order valence-electron chi connectivity index (χ2n) is 10.8. The first-order valence-corrected chi connectivity index (χ1v) is 14.7. The van der Waals surface area contributed by atoms with Crippen molar-refractivity contribution in [2.75, 3.05) is 39.3 Å². The lowest BCUT2D eigenvalue weighted by Crippen LogP contribution is -2.48. The van der Waals surface area contributed by atoms with Crippen LogP contribution in [0.2, 0.25) is 0 Å². The van der Waals surface area contributed by atoms with Gasteiger partial charge in [0.05, 0.1) is 12.2 Å². The Morgan fingerprint density at radius 3 is 2.32 bits per heavy atom. The SMILES string of the molecule is CC(=O)N1CCN(CCCCCOc2ccccc2C=CC(CCCCC(=O)O)Cc2ccc(C(=O)O)cc2)CC1. The molecule has 1 saturated heterocycles. The van der Waals surface area contributed by atoms with Gasteiger partial charge in [-0.15, -0.1) is 0 Å². The number of rotatable bonds is 17. The van der Waals surface area contributed by atoms with Crippen molar-refractivity contribution in [2.24, 2.45) is 5.92 Å². The molecule has 0 saturated carbocycles. The van der Waals surface area contributed by atoms with Crippen molar-refractivity contribution in [1.29, 1.82) is 0 Å². The molecule has 1 aliphatic heterocycles. The summed E-state index contributed by atoms with van der Waals surface area (Å²) in [6.07, 6.45) is 10.6. The first-order valence-electron chi connectivity index (χ1n) is 14.7. The van der Waals surface area contributed by atoms with Crippen molar-refractivity contribution in [3.05, 3.63) is 71.3 Å². The van der Waals surface area contributed by atoms with Crippen molar-refractivity contribution < 1.29 is 29.3 Å². The number of para-hydroxylation sites is 1. The minimum absolute atomic E-state index is 0.162. The molecule has 0 aliphatic carbocycles. The van der Waals surface area contributed by atoms with Crippen molar-refractivity contribution in [1.82, 2.24) is 9.80 Å². The zero-order valence-corrected chi connectivity index (χ0v) is 24.2. The number of ether oxygens (including phenoxy) is 1. The third-order valence-electron chi connectivity index (χ3n) is 7.58. The lowest BCUT2D eigenvalue weighted by Gasteiger charge is -2.34. The van der Waals surface area contributed by atoms with E-state index >= 15 is 0 Å². The van der Waals surface area contributed by atoms with Gasteiger partial charge in [0, 0.05) is 45.1 Å². The van der Waals surface area contributed by atoms with E-state index < -0.39 is 11.9 Å². The van der Waals surface area contributed by atoms with Gasteiger partial charge in [-0.3, -0.25) is 14.5 Å². The van der Waals surface area contributed by atoms with Crippen LogP contribution in [0.3, 0.4) is 0 Å². The number of amides is 1. The Kier molecular flexibility index (Phi) is 13.4. The van der Waals surface area contributed by atoms with E-state index in [9.17, 15) is 19.5 Å². The molecule has 8 nitrogen and oxygen atoms in total. The molecular weight excluding hydrogens is 520 g/mol. The number of benzene rings is 2. The Hall–Kier alpha value is -3.65. The lowest BCUT2D eigenvalue weighted by molar-refractivity contribution is -0.137. The van der Waals surface area contributed by atoms with Gasteiger partial charge in [0.1, 0.15) is 5.75 Å². The summed E-state index contributed by atoms with van der Waals surface area (Å²) in [5.41, 5.74) is 2.32. The van der Waals surface area contributed by atoms with Gasteiger partial charge in [-0.05, 0) is 74.8 Å². The van der Waals surface area contributed by atoms with E-state index in [4.69, 9.17) is 9.84 Å². The van der Waals surface area contributed by atoms with Gasteiger partial charge in [0.25, 0.3) is 0 Å². The molecular formula is C33H44N2O6. The molecule has 0 radical (unpaired) electrons. The van der Waals surface area contributed by atoms with Crippen LogP contribution >= 0.6 is 0 Å². The topological polar surface area (TPSA) is 107 Å². The lowest BCUT2D eigenvalue weighted by atomic mass is 9.92. The van der Waals surface area contributed by atoms with Gasteiger partial charge in [-0.1, -0.05) is 48.9 Å². The Morgan fingerprint density at radius 2 is 1.63 bits per heavy atom. The molecule has 0 spiro atoms. The first kappa shape index (κ1) is 31.9. The fourth-order valence-corrected chi connectivity index (χ4v) is 5.11. The van der Waals surface area contributed by atoms with E-state index in [2.05, 4.69) is 17.1 Å². The van der Waals surface area contributed by atoms with E-state index in [0.717, 1.165) is 88.1 Å². The molecule has 0 bridgehead atoms. The summed E-state index contributed by atoms with van der Waals surface area (Å²) in [5, 5.41) is 18.2. The number of carboxylic acids is 2. The van der Waals surface area contributed by atoms with Crippen LogP contribution in [0.5, 0.6) is 5.75 Å². The molecule has 2 N–H and O–H groups in total. The molecule has 222 valence electrons. The van der Waals surface area contributed by atoms with Crippen LogP contribution < -0.4 is 4.74 Å². The van der Waals surface area contributed by atoms with Crippen LogP contribution in [0.1, 0.15) is 73.4 Å². The van der Waals surface area contributed by atoms with E-state index in [1.54, 1.807) is 19.1 Å². The molecule has 0 aromatic heterocycles. The number of unbranched alkanes of at least 4 members (excludes halogenated alkanes) is 3. The molecule has 1 atom stereocenters. The second-order valence-corrected chi connectivity index (χ2v) is 10.8. The van der Waals surface area contributed by atoms with Crippen LogP contribution in [0, 0.1) is 5.92 Å². The summed E-state index contributed by atoms with van der Waals surface area (Å²) in [7, 11) is 0. The van der Waals surface area contributed by atoms with Crippen molar-refractivity contribution in [3.63, 3.8) is 0 Å². The number of carbonyl (C=O) groups is 3. The fraction of sp³-hybridized carbons (Fsp3) is 0.485. The first-order chi connectivity index (χ1) is 19.8. The zero-order valence-electron chi connectivity index (χ0n) is 24.2. The fourth-order valence-electron chi connectivity index (χ4n) is 5.11. The summed E-state index contributed by atoms with van der Waals surface area (Å²) in [5.74, 6) is -0.526. The summed E-state index contributed by atoms with van der Waals surface area (Å²) in [6, 6.07) is 14.9. The Labute approximate surface area is 243 Å². The Morgan fingerprint density at radius 1 is 0.902 bits per heavy atom. The van der Waals surface area contributed by atoms with Crippen molar-refractivity contribution in [2.45, 2.75) is 58.3 Å². The normalized spacial score (nSPS) is 14.7. The number of aromatic carboxylic acids is 1. The average molecular weight is 565 g/mol. The number of carboxylic acid groups (broad SMARTS) is 2. The third-order valence-corrected chi connectivity index (χ3v) is 7.58. The molecule has 3 rings (SSSR count). The number of nitrogens with zero attached hydrogens (tertiary/aromatic N) is 2. The molecule has 1 unspecified atom stereocenters. The maximum atomic E-state index is 11.5. The number of allylic oxidation sites excluding steroid dienone is 1. The Bertz CT molecular complexity index is 1140. The Balaban J connectivity index is 1.49. The summed E-state index contributed by atoms with van der Waals surface area (Å²) in [6.45, 7) is 6.88. The summed E-state index contributed by atoms with van der Waals surface area (Å²) in [4.78, 5) is 37.9. The molecule has 1 heterocycles. The van der Waals surface area contributed by atoms with Gasteiger partial charge >= 0.3 is 11.9 Å². The number of piperazine rings is 1. The maximum Gasteiger partial charge on any atom is 0.335 e. The molecule has 8 heteroatoms. The highest BCUT2D eigenvalue weighted by Crippen LogP contribution is 2.24. The predicted octanol–water partition coefficient (Wildman–Crippen LogP) is 5.62. The van der Waals surface area contributed by atoms with Gasteiger partial charge in [0.2, 0.25) is 5.91 Å². The summed E-state index contributed by atoms with van der Waals surface area (Å²) >= 11 is 0. The number of hydrogen-bond acceptors (Lipinski definition) is 5. The molecule has 2 aromatic rings. The van der Waals surface area contributed by atoms with Crippen LogP contribution in [-0.2, 0) is 16.0 Å². The van der Waals surface area contributed by atoms with Gasteiger partial charge in [0.15, 0.2) is 0 Å². The second kappa shape index (κ2) is 17.2. The molecule has 2 aromatic carbocycles. The van der Waals surface area contributed by atoms with Crippen molar-refractivity contribution >= 4 is 23.9 Å².